The zero-order chi connectivity index (χ0) is 21.4. The van der Waals surface area contributed by atoms with Crippen LogP contribution in [0.1, 0.15) is 25.8 Å². The summed E-state index contributed by atoms with van der Waals surface area (Å²) in [7, 11) is 0. The molecule has 0 unspecified atom stereocenters. The number of likely N-dealkylation sites (N-methyl/N-ethyl adjacent to an activating group) is 1. The van der Waals surface area contributed by atoms with Crippen molar-refractivity contribution < 1.29 is 14.3 Å². The lowest BCUT2D eigenvalue weighted by molar-refractivity contribution is -0.142. The molecule has 2 amide bonds. The molecule has 2 aromatic carbocycles. The summed E-state index contributed by atoms with van der Waals surface area (Å²) in [6.45, 7) is 4.03. The SMILES string of the molecule is CCNC(=O)[C@H](CC)N(Cc1ccc(Cl)cc1Cl)C(=O)COc1ccccc1Cl. The smallest absolute Gasteiger partial charge is 0.261 e. The molecule has 0 saturated carbocycles. The van der Waals surface area contributed by atoms with Gasteiger partial charge in [-0.05, 0) is 43.2 Å². The van der Waals surface area contributed by atoms with Crippen LogP contribution >= 0.6 is 34.8 Å². The van der Waals surface area contributed by atoms with Crippen LogP contribution in [0.2, 0.25) is 15.1 Å². The Kier molecular flexibility index (Phi) is 9.08. The van der Waals surface area contributed by atoms with Crippen LogP contribution in [-0.4, -0.2) is 35.9 Å². The third kappa shape index (κ3) is 6.53. The number of halogens is 3. The van der Waals surface area contributed by atoms with Crippen molar-refractivity contribution in [1.82, 2.24) is 10.2 Å². The summed E-state index contributed by atoms with van der Waals surface area (Å²) in [5, 5.41) is 4.10. The summed E-state index contributed by atoms with van der Waals surface area (Å²) in [6.07, 6.45) is 0.439. The summed E-state index contributed by atoms with van der Waals surface area (Å²) in [4.78, 5) is 27.1. The Morgan fingerprint density at radius 2 is 1.79 bits per heavy atom. The van der Waals surface area contributed by atoms with E-state index in [1.807, 2.05) is 13.8 Å². The molecule has 0 aromatic heterocycles. The van der Waals surface area contributed by atoms with Crippen molar-refractivity contribution in [2.24, 2.45) is 0 Å². The average molecular weight is 458 g/mol. The van der Waals surface area contributed by atoms with E-state index >= 15 is 0 Å². The van der Waals surface area contributed by atoms with Crippen molar-refractivity contribution >= 4 is 46.6 Å². The molecule has 0 bridgehead atoms. The number of rotatable bonds is 9. The number of amides is 2. The highest BCUT2D eigenvalue weighted by Crippen LogP contribution is 2.25. The van der Waals surface area contributed by atoms with Gasteiger partial charge in [-0.25, -0.2) is 0 Å². The minimum absolute atomic E-state index is 0.149. The van der Waals surface area contributed by atoms with E-state index in [0.717, 1.165) is 0 Å². The standard InChI is InChI=1S/C21H23Cl3N2O3/c1-3-18(21(28)25-4-2)26(12-14-9-10-15(22)11-17(14)24)20(27)13-29-19-8-6-5-7-16(19)23/h5-11,18H,3-4,12-13H2,1-2H3,(H,25,28)/t18-/m0/s1. The Morgan fingerprint density at radius 3 is 2.41 bits per heavy atom. The van der Waals surface area contributed by atoms with Crippen molar-refractivity contribution in [2.45, 2.75) is 32.9 Å². The molecule has 1 N–H and O–H groups in total. The molecule has 2 aromatic rings. The number of nitrogens with one attached hydrogen (secondary N) is 1. The van der Waals surface area contributed by atoms with Gasteiger partial charge in [0, 0.05) is 23.1 Å². The molecular formula is C21H23Cl3N2O3. The molecule has 5 nitrogen and oxygen atoms in total. The molecule has 0 heterocycles. The monoisotopic (exact) mass is 456 g/mol. The van der Waals surface area contributed by atoms with Crippen molar-refractivity contribution in [1.29, 1.82) is 0 Å². The molecule has 0 aliphatic heterocycles. The number of hydrogen-bond donors (Lipinski definition) is 1. The lowest BCUT2D eigenvalue weighted by atomic mass is 10.1. The van der Waals surface area contributed by atoms with Crippen molar-refractivity contribution in [3.8, 4) is 5.75 Å². The van der Waals surface area contributed by atoms with E-state index in [0.29, 0.717) is 39.3 Å². The van der Waals surface area contributed by atoms with Gasteiger partial charge in [0.2, 0.25) is 5.91 Å². The minimum Gasteiger partial charge on any atom is -0.482 e. The van der Waals surface area contributed by atoms with Crippen molar-refractivity contribution in [2.75, 3.05) is 13.2 Å². The number of ether oxygens (including phenoxy) is 1. The molecule has 0 saturated heterocycles. The molecule has 0 fully saturated rings. The van der Waals surface area contributed by atoms with Crippen LogP contribution in [0.4, 0.5) is 0 Å². The van der Waals surface area contributed by atoms with E-state index in [-0.39, 0.29) is 25.0 Å². The molecular weight excluding hydrogens is 435 g/mol. The van der Waals surface area contributed by atoms with Gasteiger partial charge in [0.25, 0.3) is 5.91 Å². The Bertz CT molecular complexity index is 861. The molecule has 0 aliphatic rings. The maximum atomic E-state index is 13.0. The van der Waals surface area contributed by atoms with E-state index in [1.54, 1.807) is 42.5 Å². The fraction of sp³-hybridized carbons (Fsp3) is 0.333. The van der Waals surface area contributed by atoms with Crippen LogP contribution < -0.4 is 10.1 Å². The summed E-state index contributed by atoms with van der Waals surface area (Å²) >= 11 is 18.3. The summed E-state index contributed by atoms with van der Waals surface area (Å²) in [5.74, 6) is -0.182. The van der Waals surface area contributed by atoms with Crippen LogP contribution in [0, 0.1) is 0 Å². The maximum absolute atomic E-state index is 13.0. The predicted molar refractivity (Wildman–Crippen MR) is 117 cm³/mol. The lowest BCUT2D eigenvalue weighted by Crippen LogP contribution is -2.50. The number of carbonyl (C=O) groups is 2. The highest BCUT2D eigenvalue weighted by Gasteiger charge is 2.29. The summed E-state index contributed by atoms with van der Waals surface area (Å²) < 4.78 is 5.59. The topological polar surface area (TPSA) is 58.6 Å². The van der Waals surface area contributed by atoms with Gasteiger partial charge >= 0.3 is 0 Å². The molecule has 0 spiro atoms. The fourth-order valence-electron chi connectivity index (χ4n) is 2.83. The highest BCUT2D eigenvalue weighted by molar-refractivity contribution is 6.35. The van der Waals surface area contributed by atoms with Gasteiger partial charge < -0.3 is 15.0 Å². The number of hydrogen-bond acceptors (Lipinski definition) is 3. The zero-order valence-corrected chi connectivity index (χ0v) is 18.5. The van der Waals surface area contributed by atoms with Crippen LogP contribution in [0.5, 0.6) is 5.75 Å². The van der Waals surface area contributed by atoms with Gasteiger partial charge in [0.15, 0.2) is 6.61 Å². The molecule has 1 atom stereocenters. The van der Waals surface area contributed by atoms with Gasteiger partial charge in [0.05, 0.1) is 5.02 Å². The average Bonchev–Trinajstić information content (AvgIpc) is 2.68. The van der Waals surface area contributed by atoms with Crippen molar-refractivity contribution in [3.63, 3.8) is 0 Å². The molecule has 2 rings (SSSR count). The van der Waals surface area contributed by atoms with E-state index in [4.69, 9.17) is 39.5 Å². The molecule has 0 aliphatic carbocycles. The Balaban J connectivity index is 2.25. The van der Waals surface area contributed by atoms with Gasteiger partial charge in [-0.3, -0.25) is 9.59 Å². The Morgan fingerprint density at radius 1 is 1.07 bits per heavy atom. The number of para-hydroxylation sites is 1. The van der Waals surface area contributed by atoms with E-state index in [1.165, 1.54) is 4.90 Å². The normalized spacial score (nSPS) is 11.6. The third-order valence-electron chi connectivity index (χ3n) is 4.28. The van der Waals surface area contributed by atoms with Gasteiger partial charge in [0.1, 0.15) is 11.8 Å². The van der Waals surface area contributed by atoms with E-state index in [9.17, 15) is 9.59 Å². The summed E-state index contributed by atoms with van der Waals surface area (Å²) in [5.41, 5.74) is 0.685. The third-order valence-corrected chi connectivity index (χ3v) is 5.18. The minimum atomic E-state index is -0.663. The quantitative estimate of drug-likeness (QED) is 0.578. The highest BCUT2D eigenvalue weighted by atomic mass is 35.5. The number of benzene rings is 2. The second-order valence-electron chi connectivity index (χ2n) is 6.30. The second-order valence-corrected chi connectivity index (χ2v) is 7.55. The van der Waals surface area contributed by atoms with Gasteiger partial charge in [-0.15, -0.1) is 0 Å². The first-order chi connectivity index (χ1) is 13.9. The molecule has 8 heteroatoms. The van der Waals surface area contributed by atoms with Crippen LogP contribution in [-0.2, 0) is 16.1 Å². The summed E-state index contributed by atoms with van der Waals surface area (Å²) in [6, 6.07) is 11.3. The van der Waals surface area contributed by atoms with E-state index in [2.05, 4.69) is 5.32 Å². The Hall–Kier alpha value is -1.95. The first kappa shape index (κ1) is 23.3. The fourth-order valence-corrected chi connectivity index (χ4v) is 3.49. The number of carbonyl (C=O) groups excluding carboxylic acids is 2. The van der Waals surface area contributed by atoms with Gasteiger partial charge in [-0.1, -0.05) is 59.9 Å². The number of nitrogens with zero attached hydrogens (tertiary/aromatic N) is 1. The van der Waals surface area contributed by atoms with E-state index < -0.39 is 6.04 Å². The van der Waals surface area contributed by atoms with Crippen LogP contribution in [0.3, 0.4) is 0 Å². The van der Waals surface area contributed by atoms with Gasteiger partial charge in [-0.2, -0.15) is 0 Å². The predicted octanol–water partition coefficient (Wildman–Crippen LogP) is 4.97. The van der Waals surface area contributed by atoms with Crippen molar-refractivity contribution in [3.05, 3.63) is 63.1 Å². The zero-order valence-electron chi connectivity index (χ0n) is 16.3. The van der Waals surface area contributed by atoms with Crippen LogP contribution in [0.25, 0.3) is 0 Å². The molecule has 0 radical (unpaired) electrons. The molecule has 156 valence electrons. The second kappa shape index (κ2) is 11.3. The largest absolute Gasteiger partial charge is 0.482 e. The Labute approximate surface area is 185 Å². The lowest BCUT2D eigenvalue weighted by Gasteiger charge is -2.30. The van der Waals surface area contributed by atoms with Crippen LogP contribution in [0.15, 0.2) is 42.5 Å². The first-order valence-electron chi connectivity index (χ1n) is 9.25. The molecule has 29 heavy (non-hydrogen) atoms. The maximum Gasteiger partial charge on any atom is 0.261 e. The first-order valence-corrected chi connectivity index (χ1v) is 10.4.